The molecule has 1 aromatic heterocycles. The van der Waals surface area contributed by atoms with Crippen molar-refractivity contribution in [2.45, 2.75) is 19.6 Å². The number of amides is 1. The number of rotatable bonds is 4. The molecule has 21 heavy (non-hydrogen) atoms. The lowest BCUT2D eigenvalue weighted by atomic mass is 10.1. The molecule has 0 aliphatic rings. The molecule has 0 radical (unpaired) electrons. The van der Waals surface area contributed by atoms with Crippen LogP contribution in [0, 0.1) is 0 Å². The highest BCUT2D eigenvalue weighted by Gasteiger charge is 2.15. The first-order chi connectivity index (χ1) is 9.90. The molecule has 2 rings (SSSR count). The second kappa shape index (κ2) is 6.52. The average Bonchev–Trinajstić information content (AvgIpc) is 2.73. The maximum absolute atomic E-state index is 12.1. The Morgan fingerprint density at radius 3 is 2.43 bits per heavy atom. The van der Waals surface area contributed by atoms with Crippen molar-refractivity contribution >= 4 is 29.1 Å². The van der Waals surface area contributed by atoms with Crippen LogP contribution in [0.15, 0.2) is 30.3 Å². The number of benzene rings is 1. The minimum Gasteiger partial charge on any atom is -0.389 e. The number of aliphatic hydroxyl groups excluding tert-OH is 1. The van der Waals surface area contributed by atoms with Crippen molar-refractivity contribution in [2.75, 3.05) is 0 Å². The summed E-state index contributed by atoms with van der Waals surface area (Å²) in [6.45, 7) is 2.10. The Balaban J connectivity index is 2.02. The highest BCUT2D eigenvalue weighted by Crippen LogP contribution is 2.25. The van der Waals surface area contributed by atoms with Crippen LogP contribution in [-0.4, -0.2) is 15.6 Å². The van der Waals surface area contributed by atoms with Gasteiger partial charge in [0, 0.05) is 13.6 Å². The molecule has 0 aliphatic heterocycles. The van der Waals surface area contributed by atoms with Gasteiger partial charge in [0.25, 0.3) is 5.91 Å². The third-order valence-electron chi connectivity index (χ3n) is 3.26. The Labute approximate surface area is 133 Å². The lowest BCUT2D eigenvalue weighted by molar-refractivity contribution is 0.0942. The Morgan fingerprint density at radius 2 is 1.95 bits per heavy atom. The lowest BCUT2D eigenvalue weighted by Gasteiger charge is -2.08. The van der Waals surface area contributed by atoms with E-state index in [9.17, 15) is 9.90 Å². The standard InChI is InChI=1S/C15H16Cl2N2O2/c1-9(20)11-5-3-10(4-6-11)8-18-15(21)13-7-12(16)14(17)19(13)2/h3-7,9,20H,8H2,1-2H3,(H,18,21). The normalized spacial score (nSPS) is 12.2. The van der Waals surface area contributed by atoms with Crippen LogP contribution in [0.5, 0.6) is 0 Å². The van der Waals surface area contributed by atoms with E-state index in [4.69, 9.17) is 23.2 Å². The molecule has 4 nitrogen and oxygen atoms in total. The first kappa shape index (κ1) is 15.9. The van der Waals surface area contributed by atoms with E-state index in [1.165, 1.54) is 10.6 Å². The molecule has 112 valence electrons. The Hall–Kier alpha value is -1.49. The van der Waals surface area contributed by atoms with Gasteiger partial charge in [0.15, 0.2) is 0 Å². The van der Waals surface area contributed by atoms with Gasteiger partial charge in [-0.2, -0.15) is 0 Å². The third kappa shape index (κ3) is 3.59. The molecule has 0 fully saturated rings. The van der Waals surface area contributed by atoms with Crippen molar-refractivity contribution in [3.8, 4) is 0 Å². The summed E-state index contributed by atoms with van der Waals surface area (Å²) in [6.07, 6.45) is -0.499. The molecule has 6 heteroatoms. The Bertz CT molecular complexity index is 648. The third-order valence-corrected chi connectivity index (χ3v) is 4.11. The second-order valence-electron chi connectivity index (χ2n) is 4.83. The molecule has 0 saturated carbocycles. The zero-order valence-electron chi connectivity index (χ0n) is 11.7. The Kier molecular flexibility index (Phi) is 4.93. The van der Waals surface area contributed by atoms with E-state index in [-0.39, 0.29) is 5.91 Å². The zero-order chi connectivity index (χ0) is 15.6. The number of carbonyl (C=O) groups excluding carboxylic acids is 1. The molecular formula is C15H16Cl2N2O2. The van der Waals surface area contributed by atoms with Gasteiger partial charge in [0.2, 0.25) is 0 Å². The molecule has 0 spiro atoms. The highest BCUT2D eigenvalue weighted by atomic mass is 35.5. The quantitative estimate of drug-likeness (QED) is 0.905. The number of aromatic nitrogens is 1. The lowest BCUT2D eigenvalue weighted by Crippen LogP contribution is -2.24. The van der Waals surface area contributed by atoms with Gasteiger partial charge in [0.05, 0.1) is 11.1 Å². The molecule has 0 saturated heterocycles. The zero-order valence-corrected chi connectivity index (χ0v) is 13.2. The van der Waals surface area contributed by atoms with E-state index >= 15 is 0 Å². The van der Waals surface area contributed by atoms with Crippen LogP contribution in [0.1, 0.15) is 34.6 Å². The van der Waals surface area contributed by atoms with Crippen molar-refractivity contribution in [3.05, 3.63) is 57.3 Å². The van der Waals surface area contributed by atoms with E-state index < -0.39 is 6.10 Å². The van der Waals surface area contributed by atoms with E-state index in [0.29, 0.717) is 22.4 Å². The number of carbonyl (C=O) groups is 1. The molecule has 0 aliphatic carbocycles. The SMILES string of the molecule is CC(O)c1ccc(CNC(=O)c2cc(Cl)c(Cl)n2C)cc1. The van der Waals surface area contributed by atoms with Gasteiger partial charge in [-0.05, 0) is 24.1 Å². The maximum atomic E-state index is 12.1. The molecule has 1 amide bonds. The first-order valence-electron chi connectivity index (χ1n) is 6.46. The molecule has 2 N–H and O–H groups in total. The first-order valence-corrected chi connectivity index (χ1v) is 7.21. The van der Waals surface area contributed by atoms with E-state index in [1.807, 2.05) is 24.3 Å². The van der Waals surface area contributed by atoms with Crippen LogP contribution in [0.4, 0.5) is 0 Å². The Morgan fingerprint density at radius 1 is 1.33 bits per heavy atom. The number of hydrogen-bond donors (Lipinski definition) is 2. The molecule has 0 bridgehead atoms. The van der Waals surface area contributed by atoms with Crippen molar-refractivity contribution in [2.24, 2.45) is 7.05 Å². The number of aliphatic hydroxyl groups is 1. The summed E-state index contributed by atoms with van der Waals surface area (Å²) < 4.78 is 1.54. The van der Waals surface area contributed by atoms with Crippen molar-refractivity contribution in [3.63, 3.8) is 0 Å². The van der Waals surface area contributed by atoms with E-state index in [1.54, 1.807) is 14.0 Å². The summed E-state index contributed by atoms with van der Waals surface area (Å²) in [7, 11) is 1.68. The summed E-state index contributed by atoms with van der Waals surface area (Å²) in [5.41, 5.74) is 2.19. The van der Waals surface area contributed by atoms with Gasteiger partial charge in [-0.3, -0.25) is 4.79 Å². The van der Waals surface area contributed by atoms with Crippen molar-refractivity contribution in [1.82, 2.24) is 9.88 Å². The number of nitrogens with one attached hydrogen (secondary N) is 1. The fourth-order valence-electron chi connectivity index (χ4n) is 1.95. The fourth-order valence-corrected chi connectivity index (χ4v) is 2.32. The second-order valence-corrected chi connectivity index (χ2v) is 5.59. The van der Waals surface area contributed by atoms with E-state index in [2.05, 4.69) is 5.32 Å². The molecule has 1 aromatic carbocycles. The average molecular weight is 327 g/mol. The summed E-state index contributed by atoms with van der Waals surface area (Å²) in [6, 6.07) is 8.95. The summed E-state index contributed by atoms with van der Waals surface area (Å²) >= 11 is 11.8. The number of hydrogen-bond acceptors (Lipinski definition) is 2. The van der Waals surface area contributed by atoms with Gasteiger partial charge in [0.1, 0.15) is 10.8 Å². The van der Waals surface area contributed by atoms with Crippen molar-refractivity contribution in [1.29, 1.82) is 0 Å². The molecular weight excluding hydrogens is 311 g/mol. The van der Waals surface area contributed by atoms with Gasteiger partial charge in [-0.15, -0.1) is 0 Å². The molecule has 1 atom stereocenters. The molecule has 1 heterocycles. The number of nitrogens with zero attached hydrogens (tertiary/aromatic N) is 1. The highest BCUT2D eigenvalue weighted by molar-refractivity contribution is 6.41. The summed E-state index contributed by atoms with van der Waals surface area (Å²) in [5.74, 6) is -0.245. The molecule has 1 unspecified atom stereocenters. The smallest absolute Gasteiger partial charge is 0.268 e. The monoisotopic (exact) mass is 326 g/mol. The minimum absolute atomic E-state index is 0.245. The van der Waals surface area contributed by atoms with Gasteiger partial charge in [-0.1, -0.05) is 47.5 Å². The van der Waals surface area contributed by atoms with Gasteiger partial charge < -0.3 is 15.0 Å². The maximum Gasteiger partial charge on any atom is 0.268 e. The summed E-state index contributed by atoms with van der Waals surface area (Å²) in [5, 5.41) is 12.9. The minimum atomic E-state index is -0.499. The fraction of sp³-hybridized carbons (Fsp3) is 0.267. The van der Waals surface area contributed by atoms with E-state index in [0.717, 1.165) is 11.1 Å². The van der Waals surface area contributed by atoms with Crippen LogP contribution >= 0.6 is 23.2 Å². The van der Waals surface area contributed by atoms with Crippen LogP contribution in [0.2, 0.25) is 10.2 Å². The predicted octanol–water partition coefficient (Wildman–Crippen LogP) is 3.32. The number of halogens is 2. The topological polar surface area (TPSA) is 54.3 Å². The predicted molar refractivity (Wildman–Crippen MR) is 83.7 cm³/mol. The van der Waals surface area contributed by atoms with Crippen LogP contribution in [-0.2, 0) is 13.6 Å². The molecule has 2 aromatic rings. The summed E-state index contributed by atoms with van der Waals surface area (Å²) in [4.78, 5) is 12.1. The van der Waals surface area contributed by atoms with Crippen LogP contribution < -0.4 is 5.32 Å². The van der Waals surface area contributed by atoms with Crippen LogP contribution in [0.3, 0.4) is 0 Å². The van der Waals surface area contributed by atoms with Gasteiger partial charge in [-0.25, -0.2) is 0 Å². The van der Waals surface area contributed by atoms with Crippen LogP contribution in [0.25, 0.3) is 0 Å². The largest absolute Gasteiger partial charge is 0.389 e. The van der Waals surface area contributed by atoms with Gasteiger partial charge >= 0.3 is 0 Å². The van der Waals surface area contributed by atoms with Crippen molar-refractivity contribution < 1.29 is 9.90 Å².